The summed E-state index contributed by atoms with van der Waals surface area (Å²) in [5.41, 5.74) is 3.17. The molecule has 2 aromatic carbocycles. The Morgan fingerprint density at radius 2 is 1.95 bits per heavy atom. The molecule has 116 valence electrons. The van der Waals surface area contributed by atoms with Gasteiger partial charge in [0, 0.05) is 11.6 Å². The summed E-state index contributed by atoms with van der Waals surface area (Å²) in [5.74, 6) is -0.881. The van der Waals surface area contributed by atoms with Crippen LogP contribution in [0.1, 0.15) is 39.5 Å². The fraction of sp³-hybridized carbons (Fsp3) is 0.278. The molecule has 2 rings (SSSR count). The Labute approximate surface area is 129 Å². The van der Waals surface area contributed by atoms with Crippen molar-refractivity contribution in [2.24, 2.45) is 0 Å². The van der Waals surface area contributed by atoms with Gasteiger partial charge in [-0.3, -0.25) is 0 Å². The van der Waals surface area contributed by atoms with Crippen molar-refractivity contribution in [2.45, 2.75) is 33.8 Å². The van der Waals surface area contributed by atoms with Gasteiger partial charge in [-0.1, -0.05) is 19.1 Å². The third-order valence-electron chi connectivity index (χ3n) is 3.71. The summed E-state index contributed by atoms with van der Waals surface area (Å²) in [7, 11) is 0. The lowest BCUT2D eigenvalue weighted by Crippen LogP contribution is -2.09. The number of benzene rings is 2. The molecule has 22 heavy (non-hydrogen) atoms. The SMILES string of the molecule is CCc1cccc(C(=O)O)c1COc1cc(F)c(C)cc1C. The molecule has 0 aliphatic carbocycles. The van der Waals surface area contributed by atoms with Crippen molar-refractivity contribution in [3.63, 3.8) is 0 Å². The third-order valence-corrected chi connectivity index (χ3v) is 3.71. The van der Waals surface area contributed by atoms with E-state index in [1.165, 1.54) is 6.07 Å². The first-order valence-corrected chi connectivity index (χ1v) is 7.17. The van der Waals surface area contributed by atoms with Gasteiger partial charge in [0.15, 0.2) is 0 Å². The lowest BCUT2D eigenvalue weighted by atomic mass is 10.00. The molecule has 0 saturated heterocycles. The van der Waals surface area contributed by atoms with E-state index in [0.717, 1.165) is 11.1 Å². The number of rotatable bonds is 5. The van der Waals surface area contributed by atoms with Gasteiger partial charge in [-0.2, -0.15) is 0 Å². The summed E-state index contributed by atoms with van der Waals surface area (Å²) in [5, 5.41) is 9.30. The quantitative estimate of drug-likeness (QED) is 0.896. The number of aromatic carboxylic acids is 1. The molecule has 2 aromatic rings. The smallest absolute Gasteiger partial charge is 0.336 e. The molecule has 0 aromatic heterocycles. The van der Waals surface area contributed by atoms with Crippen molar-refractivity contribution in [2.75, 3.05) is 0 Å². The van der Waals surface area contributed by atoms with Crippen LogP contribution in [0.15, 0.2) is 30.3 Å². The molecule has 0 saturated carbocycles. The maximum Gasteiger partial charge on any atom is 0.336 e. The van der Waals surface area contributed by atoms with Crippen LogP contribution in [-0.2, 0) is 13.0 Å². The fourth-order valence-corrected chi connectivity index (χ4v) is 2.45. The van der Waals surface area contributed by atoms with Gasteiger partial charge in [0.25, 0.3) is 0 Å². The Balaban J connectivity index is 2.32. The minimum Gasteiger partial charge on any atom is -0.488 e. The molecule has 4 heteroatoms. The second-order valence-corrected chi connectivity index (χ2v) is 5.26. The van der Waals surface area contributed by atoms with Gasteiger partial charge >= 0.3 is 5.97 Å². The zero-order chi connectivity index (χ0) is 16.3. The highest BCUT2D eigenvalue weighted by atomic mass is 19.1. The predicted octanol–water partition coefficient (Wildman–Crippen LogP) is 4.28. The predicted molar refractivity (Wildman–Crippen MR) is 83.0 cm³/mol. The standard InChI is InChI=1S/C18H19FO3/c1-4-13-6-5-7-14(18(20)21)15(13)10-22-17-9-16(19)11(2)8-12(17)3/h5-9H,4,10H2,1-3H3,(H,20,21). The van der Waals surface area contributed by atoms with Crippen molar-refractivity contribution in [1.29, 1.82) is 0 Å². The van der Waals surface area contributed by atoms with E-state index in [1.54, 1.807) is 25.1 Å². The van der Waals surface area contributed by atoms with Crippen LogP contribution in [0.25, 0.3) is 0 Å². The minimum atomic E-state index is -0.985. The normalized spacial score (nSPS) is 10.5. The van der Waals surface area contributed by atoms with Crippen molar-refractivity contribution >= 4 is 5.97 Å². The molecule has 0 fully saturated rings. The molecular formula is C18H19FO3. The molecular weight excluding hydrogens is 283 g/mol. The van der Waals surface area contributed by atoms with Crippen LogP contribution in [0.5, 0.6) is 5.75 Å². The third kappa shape index (κ3) is 3.27. The van der Waals surface area contributed by atoms with E-state index < -0.39 is 5.97 Å². The maximum absolute atomic E-state index is 13.7. The molecule has 0 spiro atoms. The average molecular weight is 302 g/mol. The summed E-state index contributed by atoms with van der Waals surface area (Å²) in [6.45, 7) is 5.60. The number of halogens is 1. The number of ether oxygens (including phenoxy) is 1. The summed E-state index contributed by atoms with van der Waals surface area (Å²) in [4.78, 5) is 11.4. The molecule has 1 N–H and O–H groups in total. The number of aryl methyl sites for hydroxylation is 3. The van der Waals surface area contributed by atoms with Crippen molar-refractivity contribution in [3.8, 4) is 5.75 Å². The van der Waals surface area contributed by atoms with Gasteiger partial charge < -0.3 is 9.84 Å². The summed E-state index contributed by atoms with van der Waals surface area (Å²) in [6, 6.07) is 8.23. The Morgan fingerprint density at radius 3 is 2.59 bits per heavy atom. The lowest BCUT2D eigenvalue weighted by Gasteiger charge is -2.15. The van der Waals surface area contributed by atoms with E-state index in [0.29, 0.717) is 23.3 Å². The van der Waals surface area contributed by atoms with Gasteiger partial charge in [-0.05, 0) is 49.1 Å². The molecule has 0 atom stereocenters. The van der Waals surface area contributed by atoms with E-state index >= 15 is 0 Å². The van der Waals surface area contributed by atoms with Gasteiger partial charge in [-0.25, -0.2) is 9.18 Å². The highest BCUT2D eigenvalue weighted by Gasteiger charge is 2.14. The van der Waals surface area contributed by atoms with E-state index in [-0.39, 0.29) is 18.0 Å². The van der Waals surface area contributed by atoms with Gasteiger partial charge in [0.05, 0.1) is 5.56 Å². The zero-order valence-corrected chi connectivity index (χ0v) is 12.9. The van der Waals surface area contributed by atoms with Crippen LogP contribution >= 0.6 is 0 Å². The molecule has 0 radical (unpaired) electrons. The second kappa shape index (κ2) is 6.60. The highest BCUT2D eigenvalue weighted by Crippen LogP contribution is 2.24. The fourth-order valence-electron chi connectivity index (χ4n) is 2.45. The molecule has 0 heterocycles. The molecule has 3 nitrogen and oxygen atoms in total. The molecule has 0 amide bonds. The first kappa shape index (κ1) is 16.0. The van der Waals surface area contributed by atoms with Crippen molar-refractivity contribution in [1.82, 2.24) is 0 Å². The summed E-state index contributed by atoms with van der Waals surface area (Å²) < 4.78 is 19.4. The van der Waals surface area contributed by atoms with E-state index in [2.05, 4.69) is 0 Å². The topological polar surface area (TPSA) is 46.5 Å². The number of hydrogen-bond acceptors (Lipinski definition) is 2. The van der Waals surface area contributed by atoms with Gasteiger partial charge in [0.1, 0.15) is 18.2 Å². The van der Waals surface area contributed by atoms with E-state index in [9.17, 15) is 14.3 Å². The van der Waals surface area contributed by atoms with Crippen LogP contribution in [-0.4, -0.2) is 11.1 Å². The average Bonchev–Trinajstić information content (AvgIpc) is 2.49. The number of carboxylic acids is 1. The van der Waals surface area contributed by atoms with Crippen LogP contribution in [0.3, 0.4) is 0 Å². The van der Waals surface area contributed by atoms with Crippen LogP contribution < -0.4 is 4.74 Å². The van der Waals surface area contributed by atoms with Crippen LogP contribution in [0.4, 0.5) is 4.39 Å². The molecule has 0 aliphatic heterocycles. The summed E-state index contributed by atoms with van der Waals surface area (Å²) >= 11 is 0. The van der Waals surface area contributed by atoms with Gasteiger partial charge in [0.2, 0.25) is 0 Å². The Hall–Kier alpha value is -2.36. The Bertz CT molecular complexity index is 708. The minimum absolute atomic E-state index is 0.106. The molecule has 0 unspecified atom stereocenters. The first-order chi connectivity index (χ1) is 10.4. The lowest BCUT2D eigenvalue weighted by molar-refractivity contribution is 0.0693. The van der Waals surface area contributed by atoms with Crippen molar-refractivity contribution < 1.29 is 19.0 Å². The van der Waals surface area contributed by atoms with Crippen LogP contribution in [0, 0.1) is 19.7 Å². The Kier molecular flexibility index (Phi) is 4.81. The largest absolute Gasteiger partial charge is 0.488 e. The van der Waals surface area contributed by atoms with Gasteiger partial charge in [-0.15, -0.1) is 0 Å². The molecule has 0 aliphatic rings. The number of carboxylic acid groups (broad SMARTS) is 1. The highest BCUT2D eigenvalue weighted by molar-refractivity contribution is 5.89. The maximum atomic E-state index is 13.7. The second-order valence-electron chi connectivity index (χ2n) is 5.26. The van der Waals surface area contributed by atoms with E-state index in [4.69, 9.17) is 4.74 Å². The number of carbonyl (C=O) groups is 1. The zero-order valence-electron chi connectivity index (χ0n) is 12.9. The van der Waals surface area contributed by atoms with E-state index in [1.807, 2.05) is 19.9 Å². The number of hydrogen-bond donors (Lipinski definition) is 1. The monoisotopic (exact) mass is 302 g/mol. The van der Waals surface area contributed by atoms with Crippen LogP contribution in [0.2, 0.25) is 0 Å². The van der Waals surface area contributed by atoms with Crippen molar-refractivity contribution in [3.05, 3.63) is 64.0 Å². The summed E-state index contributed by atoms with van der Waals surface area (Å²) in [6.07, 6.45) is 0.709. The first-order valence-electron chi connectivity index (χ1n) is 7.17. The Morgan fingerprint density at radius 1 is 1.23 bits per heavy atom. The molecule has 0 bridgehead atoms.